The van der Waals surface area contributed by atoms with Crippen molar-refractivity contribution in [1.82, 2.24) is 15.2 Å². The number of rotatable bonds is 6. The molecule has 144 valence electrons. The average molecular weight is 392 g/mol. The summed E-state index contributed by atoms with van der Waals surface area (Å²) in [5.41, 5.74) is 0.414. The van der Waals surface area contributed by atoms with Crippen LogP contribution in [0.25, 0.3) is 0 Å². The van der Waals surface area contributed by atoms with Crippen LogP contribution in [0.5, 0.6) is 0 Å². The lowest BCUT2D eigenvalue weighted by atomic mass is 9.91. The fourth-order valence-corrected chi connectivity index (χ4v) is 3.06. The Bertz CT molecular complexity index is 526. The van der Waals surface area contributed by atoms with Crippen molar-refractivity contribution in [2.45, 2.75) is 45.9 Å². The maximum absolute atomic E-state index is 12.4. The van der Waals surface area contributed by atoms with Gasteiger partial charge < -0.3 is 10.1 Å². The van der Waals surface area contributed by atoms with Gasteiger partial charge in [-0.05, 0) is 37.3 Å². The van der Waals surface area contributed by atoms with Gasteiger partial charge in [-0.15, -0.1) is 24.8 Å². The zero-order chi connectivity index (χ0) is 17.0. The first kappa shape index (κ1) is 24.1. The molecule has 1 fully saturated rings. The molecule has 0 bridgehead atoms. The molecule has 25 heavy (non-hydrogen) atoms. The molecule has 1 aromatic heterocycles. The minimum Gasteiger partial charge on any atom is -0.369 e. The highest BCUT2D eigenvalue weighted by Crippen LogP contribution is 2.26. The number of halogens is 2. The Morgan fingerprint density at radius 3 is 2.60 bits per heavy atom. The van der Waals surface area contributed by atoms with E-state index in [1.54, 1.807) is 27.2 Å². The van der Waals surface area contributed by atoms with Crippen molar-refractivity contribution in [3.8, 4) is 0 Å². The lowest BCUT2D eigenvalue weighted by Crippen LogP contribution is -2.51. The van der Waals surface area contributed by atoms with E-state index in [0.29, 0.717) is 11.8 Å². The third kappa shape index (κ3) is 6.41. The second-order valence-corrected chi connectivity index (χ2v) is 7.26. The van der Waals surface area contributed by atoms with Crippen molar-refractivity contribution < 1.29 is 9.53 Å². The second kappa shape index (κ2) is 10.3. The quantitative estimate of drug-likeness (QED) is 0.809. The highest BCUT2D eigenvalue weighted by Gasteiger charge is 2.38. The molecule has 1 N–H and O–H groups in total. The van der Waals surface area contributed by atoms with Gasteiger partial charge in [-0.25, -0.2) is 0 Å². The number of methoxy groups -OCH3 is 1. The molecule has 1 aromatic rings. The number of hydrogen-bond donors (Lipinski definition) is 1. The molecule has 0 spiro atoms. The van der Waals surface area contributed by atoms with E-state index in [2.05, 4.69) is 35.1 Å². The molecule has 2 atom stereocenters. The average Bonchev–Trinajstić information content (AvgIpc) is 2.91. The Labute approximate surface area is 163 Å². The van der Waals surface area contributed by atoms with Gasteiger partial charge in [0.15, 0.2) is 0 Å². The normalized spacial score (nSPS) is 20.7. The summed E-state index contributed by atoms with van der Waals surface area (Å²) in [6, 6.07) is 4.22. The first-order chi connectivity index (χ1) is 10.8. The van der Waals surface area contributed by atoms with E-state index in [0.717, 1.165) is 19.6 Å². The molecule has 0 unspecified atom stereocenters. The van der Waals surface area contributed by atoms with Crippen LogP contribution in [0.3, 0.4) is 0 Å². The van der Waals surface area contributed by atoms with E-state index >= 15 is 0 Å². The van der Waals surface area contributed by atoms with Crippen molar-refractivity contribution in [2.75, 3.05) is 20.2 Å². The van der Waals surface area contributed by atoms with Crippen molar-refractivity contribution in [3.05, 3.63) is 30.1 Å². The third-order valence-corrected chi connectivity index (χ3v) is 4.80. The van der Waals surface area contributed by atoms with E-state index in [1.165, 1.54) is 5.56 Å². The fourth-order valence-electron chi connectivity index (χ4n) is 3.06. The Morgan fingerprint density at radius 2 is 2.08 bits per heavy atom. The van der Waals surface area contributed by atoms with Crippen molar-refractivity contribution in [2.24, 2.45) is 11.8 Å². The van der Waals surface area contributed by atoms with Crippen LogP contribution in [0.1, 0.15) is 33.3 Å². The van der Waals surface area contributed by atoms with Gasteiger partial charge in [-0.1, -0.05) is 19.9 Å². The molecule has 1 amide bonds. The zero-order valence-corrected chi connectivity index (χ0v) is 17.3. The number of ether oxygens (including phenoxy) is 1. The van der Waals surface area contributed by atoms with Gasteiger partial charge in [0.05, 0.1) is 0 Å². The molecule has 0 saturated carbocycles. The fraction of sp³-hybridized carbons (Fsp3) is 0.667. The van der Waals surface area contributed by atoms with Gasteiger partial charge in [0, 0.05) is 45.2 Å². The molecule has 1 aliphatic rings. The molecule has 5 nitrogen and oxygen atoms in total. The summed E-state index contributed by atoms with van der Waals surface area (Å²) in [7, 11) is 1.57. The summed E-state index contributed by atoms with van der Waals surface area (Å²) >= 11 is 0. The lowest BCUT2D eigenvalue weighted by Gasteiger charge is -2.28. The molecule has 1 aliphatic heterocycles. The monoisotopic (exact) mass is 391 g/mol. The van der Waals surface area contributed by atoms with Crippen LogP contribution >= 0.6 is 24.8 Å². The second-order valence-electron chi connectivity index (χ2n) is 7.26. The Balaban J connectivity index is 0.00000288. The first-order valence-electron chi connectivity index (χ1n) is 8.31. The molecular weight excluding hydrogens is 361 g/mol. The van der Waals surface area contributed by atoms with Crippen LogP contribution in [0.2, 0.25) is 0 Å². The molecule has 2 rings (SSSR count). The highest BCUT2D eigenvalue weighted by molar-refractivity contribution is 5.85. The maximum atomic E-state index is 12.4. The van der Waals surface area contributed by atoms with Gasteiger partial charge in [0.1, 0.15) is 5.60 Å². The predicted molar refractivity (Wildman–Crippen MR) is 105 cm³/mol. The number of pyridine rings is 1. The van der Waals surface area contributed by atoms with Crippen LogP contribution in [0.15, 0.2) is 24.5 Å². The number of carbonyl (C=O) groups excluding carboxylic acids is 1. The van der Waals surface area contributed by atoms with Crippen molar-refractivity contribution in [1.29, 1.82) is 0 Å². The van der Waals surface area contributed by atoms with E-state index in [4.69, 9.17) is 4.74 Å². The smallest absolute Gasteiger partial charge is 0.251 e. The maximum Gasteiger partial charge on any atom is 0.251 e. The van der Waals surface area contributed by atoms with Crippen molar-refractivity contribution >= 4 is 30.7 Å². The van der Waals surface area contributed by atoms with Gasteiger partial charge in [0.25, 0.3) is 5.91 Å². The van der Waals surface area contributed by atoms with E-state index in [9.17, 15) is 4.79 Å². The van der Waals surface area contributed by atoms with Crippen LogP contribution < -0.4 is 5.32 Å². The number of likely N-dealkylation sites (tertiary alicyclic amines) is 1. The Morgan fingerprint density at radius 1 is 1.40 bits per heavy atom. The third-order valence-electron chi connectivity index (χ3n) is 4.80. The van der Waals surface area contributed by atoms with Gasteiger partial charge in [0.2, 0.25) is 0 Å². The molecule has 0 radical (unpaired) electrons. The minimum atomic E-state index is -0.793. The van der Waals surface area contributed by atoms with Gasteiger partial charge in [-0.3, -0.25) is 14.7 Å². The Hall–Kier alpha value is -0.880. The number of nitrogens with one attached hydrogen (secondary N) is 1. The summed E-state index contributed by atoms with van der Waals surface area (Å²) < 4.78 is 5.29. The minimum absolute atomic E-state index is 0. The molecular formula is C18H31Cl2N3O2. The summed E-state index contributed by atoms with van der Waals surface area (Å²) in [6.45, 7) is 10.8. The first-order valence-corrected chi connectivity index (χ1v) is 8.31. The van der Waals surface area contributed by atoms with Crippen LogP contribution in [-0.4, -0.2) is 47.6 Å². The zero-order valence-electron chi connectivity index (χ0n) is 15.7. The highest BCUT2D eigenvalue weighted by atomic mass is 35.5. The summed E-state index contributed by atoms with van der Waals surface area (Å²) in [6.07, 6.45) is 3.70. The van der Waals surface area contributed by atoms with Gasteiger partial charge in [-0.2, -0.15) is 0 Å². The number of aromatic nitrogens is 1. The van der Waals surface area contributed by atoms with Crippen molar-refractivity contribution in [3.63, 3.8) is 0 Å². The van der Waals surface area contributed by atoms with Crippen LogP contribution in [0, 0.1) is 11.8 Å². The SMILES string of the molecule is COC(C)(C)C(=O)N[C@H]1CN(Cc2cccnc2)C[C@@H]1C(C)C.Cl.Cl. The molecule has 2 heterocycles. The molecule has 1 saturated heterocycles. The van der Waals surface area contributed by atoms with E-state index in [1.807, 2.05) is 12.3 Å². The largest absolute Gasteiger partial charge is 0.369 e. The predicted octanol–water partition coefficient (Wildman–Crippen LogP) is 2.92. The number of nitrogens with zero attached hydrogens (tertiary/aromatic N) is 2. The molecule has 7 heteroatoms. The summed E-state index contributed by atoms with van der Waals surface area (Å²) in [5, 5.41) is 3.20. The number of carbonyl (C=O) groups is 1. The standard InChI is InChI=1S/C18H29N3O2.2ClH/c1-13(2)15-11-21(10-14-7-6-8-19-9-14)12-16(15)20-17(22)18(3,4)23-5;;/h6-9,13,15-16H,10-12H2,1-5H3,(H,20,22);2*1H/t15-,16+;;/m1../s1. The number of amides is 1. The van der Waals surface area contributed by atoms with E-state index < -0.39 is 5.60 Å². The lowest BCUT2D eigenvalue weighted by molar-refractivity contribution is -0.140. The van der Waals surface area contributed by atoms with E-state index in [-0.39, 0.29) is 36.8 Å². The summed E-state index contributed by atoms with van der Waals surface area (Å²) in [4.78, 5) is 19.0. The number of hydrogen-bond acceptors (Lipinski definition) is 4. The molecule has 0 aliphatic carbocycles. The van der Waals surface area contributed by atoms with Crippen LogP contribution in [0.4, 0.5) is 0 Å². The molecule has 0 aromatic carbocycles. The Kier molecular flexibility index (Phi) is 9.95. The van der Waals surface area contributed by atoms with Crippen LogP contribution in [-0.2, 0) is 16.1 Å². The summed E-state index contributed by atoms with van der Waals surface area (Å²) in [5.74, 6) is 0.923. The topological polar surface area (TPSA) is 54.5 Å². The van der Waals surface area contributed by atoms with Gasteiger partial charge >= 0.3 is 0 Å².